The fourth-order valence-corrected chi connectivity index (χ4v) is 1.62. The quantitative estimate of drug-likeness (QED) is 0.572. The molecule has 5 heteroatoms. The third kappa shape index (κ3) is 3.43. The molecule has 0 unspecified atom stereocenters. The number of rotatable bonds is 4. The van der Waals surface area contributed by atoms with Gasteiger partial charge in [0.1, 0.15) is 0 Å². The molecule has 0 N–H and O–H groups in total. The minimum absolute atomic E-state index is 0.188. The van der Waals surface area contributed by atoms with Crippen LogP contribution >= 0.6 is 0 Å². The van der Waals surface area contributed by atoms with Crippen LogP contribution in [0.4, 0.5) is 0 Å². The van der Waals surface area contributed by atoms with Gasteiger partial charge in [0.25, 0.3) is 0 Å². The molecule has 0 aromatic rings. The Balaban J connectivity index is 2.57. The van der Waals surface area contributed by atoms with Crippen molar-refractivity contribution in [2.24, 2.45) is 0 Å². The van der Waals surface area contributed by atoms with Gasteiger partial charge < -0.3 is 0 Å². The third-order valence-corrected chi connectivity index (χ3v) is 3.04. The predicted octanol–water partition coefficient (Wildman–Crippen LogP) is 1.34. The Kier molecular flexibility index (Phi) is 4.41. The van der Waals surface area contributed by atoms with Crippen LogP contribution in [0.15, 0.2) is 24.7 Å². The molecule has 4 nitrogen and oxygen atoms in total. The molecule has 0 aromatic heterocycles. The van der Waals surface area contributed by atoms with Gasteiger partial charge in [-0.05, 0) is 0 Å². The number of nitriles is 1. The molecule has 0 radical (unpaired) electrons. The molecule has 80 valence electrons. The number of carbonyl (C=O) groups excluding carboxylic acids is 1. The van der Waals surface area contributed by atoms with E-state index in [-0.39, 0.29) is 26.2 Å². The predicted molar refractivity (Wildman–Crippen MR) is 54.7 cm³/mol. The van der Waals surface area contributed by atoms with Crippen LogP contribution < -0.4 is 0 Å². The monoisotopic (exact) mass is 273 g/mol. The van der Waals surface area contributed by atoms with Gasteiger partial charge in [0, 0.05) is 0 Å². The van der Waals surface area contributed by atoms with Crippen LogP contribution in [-0.2, 0) is 14.3 Å². The van der Waals surface area contributed by atoms with Crippen LogP contribution in [0.2, 0.25) is 5.32 Å². The zero-order valence-corrected chi connectivity index (χ0v) is 10.0. The number of hydrogen-bond donors (Lipinski definition) is 0. The van der Waals surface area contributed by atoms with Crippen LogP contribution in [0.1, 0.15) is 13.3 Å². The summed E-state index contributed by atoms with van der Waals surface area (Å²) in [6.07, 6.45) is 7.03. The number of hydrogen-bond acceptors (Lipinski definition) is 4. The zero-order valence-electron chi connectivity index (χ0n) is 8.30. The topological polar surface area (TPSA) is 59.3 Å². The van der Waals surface area contributed by atoms with Crippen molar-refractivity contribution in [2.45, 2.75) is 24.3 Å². The van der Waals surface area contributed by atoms with Gasteiger partial charge in [-0.3, -0.25) is 0 Å². The average Bonchev–Trinajstić information content (AvgIpc) is 2.27. The van der Waals surface area contributed by atoms with Gasteiger partial charge in [-0.2, -0.15) is 0 Å². The van der Waals surface area contributed by atoms with E-state index in [0.29, 0.717) is 6.42 Å². The maximum atomic E-state index is 11.4. The van der Waals surface area contributed by atoms with Crippen LogP contribution in [0.25, 0.3) is 0 Å². The molecule has 15 heavy (non-hydrogen) atoms. The van der Waals surface area contributed by atoms with E-state index in [1.54, 1.807) is 12.2 Å². The molecule has 0 aliphatic carbocycles. The number of ether oxygens (including phenoxy) is 2. The first-order valence-corrected chi connectivity index (χ1v) is 6.53. The molecule has 1 aliphatic rings. The van der Waals surface area contributed by atoms with E-state index in [1.165, 1.54) is 12.5 Å². The van der Waals surface area contributed by atoms with Gasteiger partial charge in [0.15, 0.2) is 0 Å². The molecular formula is C10H11NO3Se. The minimum atomic E-state index is -0.694. The van der Waals surface area contributed by atoms with E-state index in [2.05, 4.69) is 0 Å². The first-order chi connectivity index (χ1) is 7.22. The molecule has 0 fully saturated rings. The van der Waals surface area contributed by atoms with Gasteiger partial charge in [-0.1, -0.05) is 0 Å². The van der Waals surface area contributed by atoms with Crippen molar-refractivity contribution in [3.05, 3.63) is 24.7 Å². The summed E-state index contributed by atoms with van der Waals surface area (Å²) in [5.41, 5.74) is -0.694. The van der Waals surface area contributed by atoms with Crippen molar-refractivity contribution < 1.29 is 14.3 Å². The second-order valence-corrected chi connectivity index (χ2v) is 4.50. The van der Waals surface area contributed by atoms with Gasteiger partial charge >= 0.3 is 94.4 Å². The van der Waals surface area contributed by atoms with E-state index in [9.17, 15) is 4.79 Å². The summed E-state index contributed by atoms with van der Waals surface area (Å²) >= 11 is -0.329. The summed E-state index contributed by atoms with van der Waals surface area (Å²) in [6.45, 7) is 1.92. The summed E-state index contributed by atoms with van der Waals surface area (Å²) in [4.78, 5) is 13.3. The summed E-state index contributed by atoms with van der Waals surface area (Å²) in [5.74, 6) is -0.338. The fraction of sp³-hybridized carbons (Fsp3) is 0.400. The molecule has 0 amide bonds. The molecule has 0 atom stereocenters. The average molecular weight is 272 g/mol. The van der Waals surface area contributed by atoms with Crippen molar-refractivity contribution in [3.8, 4) is 4.97 Å². The van der Waals surface area contributed by atoms with Gasteiger partial charge in [-0.25, -0.2) is 0 Å². The van der Waals surface area contributed by atoms with Crippen LogP contribution in [0.3, 0.4) is 0 Å². The molecule has 0 bridgehead atoms. The summed E-state index contributed by atoms with van der Waals surface area (Å²) < 4.78 is 10.2. The van der Waals surface area contributed by atoms with Gasteiger partial charge in [-0.15, -0.1) is 0 Å². The summed E-state index contributed by atoms with van der Waals surface area (Å²) in [6, 6.07) is 0. The normalized spacial score (nSPS) is 16.5. The molecule has 0 aromatic carbocycles. The Hall–Kier alpha value is -1.24. The second kappa shape index (κ2) is 5.59. The summed E-state index contributed by atoms with van der Waals surface area (Å²) in [5, 5.41) is 8.55. The van der Waals surface area contributed by atoms with Gasteiger partial charge in [0.2, 0.25) is 0 Å². The number of carbonyl (C=O) groups is 1. The van der Waals surface area contributed by atoms with Crippen LogP contribution in [0, 0.1) is 10.2 Å². The standard InChI is InChI=1S/C10H11NO3Se/c1-2-10(3-5-13-6-4-10)14-9(12)7-15-8-11/h3-6H,2,7H2,1H3. The third-order valence-electron chi connectivity index (χ3n) is 1.97. The zero-order chi connectivity index (χ0) is 11.1. The van der Waals surface area contributed by atoms with Crippen molar-refractivity contribution >= 4 is 20.9 Å². The molecule has 1 aliphatic heterocycles. The molecule has 0 saturated heterocycles. The van der Waals surface area contributed by atoms with Crippen LogP contribution in [-0.4, -0.2) is 26.5 Å². The molecule has 1 heterocycles. The SMILES string of the molecule is CCC1(OC(=O)C[Se]C#N)C=COC=C1. The van der Waals surface area contributed by atoms with E-state index in [1.807, 2.05) is 11.9 Å². The number of esters is 1. The van der Waals surface area contributed by atoms with Crippen molar-refractivity contribution in [2.75, 3.05) is 0 Å². The van der Waals surface area contributed by atoms with Crippen LogP contribution in [0.5, 0.6) is 0 Å². The van der Waals surface area contributed by atoms with E-state index in [4.69, 9.17) is 14.7 Å². The molecule has 1 rings (SSSR count). The fourth-order valence-electron chi connectivity index (χ4n) is 1.12. The Bertz CT molecular complexity index is 318. The molecule has 0 saturated carbocycles. The Morgan fingerprint density at radius 1 is 1.60 bits per heavy atom. The van der Waals surface area contributed by atoms with E-state index >= 15 is 0 Å². The second-order valence-electron chi connectivity index (χ2n) is 2.90. The van der Waals surface area contributed by atoms with E-state index in [0.717, 1.165) is 0 Å². The summed E-state index contributed by atoms with van der Waals surface area (Å²) in [7, 11) is 0. The number of nitrogens with zero attached hydrogens (tertiary/aromatic N) is 1. The van der Waals surface area contributed by atoms with Gasteiger partial charge in [0.05, 0.1) is 0 Å². The Morgan fingerprint density at radius 2 is 2.27 bits per heavy atom. The van der Waals surface area contributed by atoms with Crippen molar-refractivity contribution in [1.82, 2.24) is 0 Å². The maximum absolute atomic E-state index is 11.4. The first-order valence-electron chi connectivity index (χ1n) is 4.46. The van der Waals surface area contributed by atoms with Crippen molar-refractivity contribution in [1.29, 1.82) is 5.26 Å². The molecular weight excluding hydrogens is 261 g/mol. The Labute approximate surface area is 94.7 Å². The van der Waals surface area contributed by atoms with Crippen molar-refractivity contribution in [3.63, 3.8) is 0 Å². The Morgan fingerprint density at radius 3 is 2.80 bits per heavy atom. The molecule has 0 spiro atoms. The first kappa shape index (κ1) is 11.8. The van der Waals surface area contributed by atoms with E-state index < -0.39 is 5.60 Å².